The molecule has 2 fully saturated rings. The molecule has 5 rings (SSSR count). The van der Waals surface area contributed by atoms with Gasteiger partial charge in [-0.05, 0) is 18.4 Å². The van der Waals surface area contributed by atoms with E-state index in [9.17, 15) is 10.2 Å². The first kappa shape index (κ1) is 23.4. The van der Waals surface area contributed by atoms with Crippen molar-refractivity contribution in [2.75, 3.05) is 24.3 Å². The summed E-state index contributed by atoms with van der Waals surface area (Å²) < 4.78 is 7.10. The molecule has 0 amide bonds. The van der Waals surface area contributed by atoms with Gasteiger partial charge in [-0.1, -0.05) is 54.2 Å². The fraction of sp³-hybridized carbons (Fsp3) is 0.565. The van der Waals surface area contributed by atoms with E-state index in [0.717, 1.165) is 18.6 Å². The number of nitrogens with zero attached hydrogens (tertiary/aromatic N) is 5. The fourth-order valence-electron chi connectivity index (χ4n) is 4.57. The number of thioether (sulfide) groups is 1. The first-order valence-electron chi connectivity index (χ1n) is 11.8. The Morgan fingerprint density at radius 3 is 2.74 bits per heavy atom. The minimum absolute atomic E-state index is 0.0945. The zero-order valence-electron chi connectivity index (χ0n) is 19.0. The van der Waals surface area contributed by atoms with Crippen molar-refractivity contribution in [3.05, 3.63) is 35.9 Å². The molecule has 2 aliphatic rings. The molecule has 10 nitrogen and oxygen atoms in total. The number of ether oxygens (including phenoxy) is 1. The average Bonchev–Trinajstić information content (AvgIpc) is 3.41. The molecule has 34 heavy (non-hydrogen) atoms. The third-order valence-corrected chi connectivity index (χ3v) is 7.47. The number of fused-ring (bicyclic) bond motifs is 1. The van der Waals surface area contributed by atoms with Gasteiger partial charge in [0.15, 0.2) is 22.1 Å². The molecule has 1 aromatic carbocycles. The van der Waals surface area contributed by atoms with Crippen LogP contribution in [-0.4, -0.2) is 83.6 Å². The maximum Gasteiger partial charge on any atom is 0.191 e. The van der Waals surface area contributed by atoms with Gasteiger partial charge in [-0.25, -0.2) is 14.6 Å². The minimum Gasteiger partial charge on any atom is -0.394 e. The van der Waals surface area contributed by atoms with E-state index in [0.29, 0.717) is 34.5 Å². The second kappa shape index (κ2) is 10.1. The highest BCUT2D eigenvalue weighted by atomic mass is 32.2. The van der Waals surface area contributed by atoms with Crippen LogP contribution in [0.15, 0.2) is 35.5 Å². The van der Waals surface area contributed by atoms with Crippen LogP contribution in [0.3, 0.4) is 0 Å². The lowest BCUT2D eigenvalue weighted by atomic mass is 10.1. The number of nitrogens with one attached hydrogen (secondary N) is 1. The predicted octanol–water partition coefficient (Wildman–Crippen LogP) is 1.74. The molecule has 182 valence electrons. The summed E-state index contributed by atoms with van der Waals surface area (Å²) in [7, 11) is 0. The smallest absolute Gasteiger partial charge is 0.191 e. The minimum atomic E-state index is -1.09. The van der Waals surface area contributed by atoms with Crippen LogP contribution >= 0.6 is 11.8 Å². The van der Waals surface area contributed by atoms with E-state index in [1.165, 1.54) is 5.56 Å². The summed E-state index contributed by atoms with van der Waals surface area (Å²) in [5, 5.41) is 43.0. The van der Waals surface area contributed by atoms with E-state index in [1.54, 1.807) is 16.4 Å². The number of rotatable bonds is 10. The van der Waals surface area contributed by atoms with Crippen LogP contribution in [0.4, 0.5) is 5.82 Å². The maximum absolute atomic E-state index is 10.7. The number of hydrogen-bond acceptors (Lipinski definition) is 10. The topological polar surface area (TPSA) is 138 Å². The van der Waals surface area contributed by atoms with Gasteiger partial charge in [0.2, 0.25) is 0 Å². The molecule has 0 bridgehead atoms. The quantitative estimate of drug-likeness (QED) is 0.248. The molecule has 0 saturated heterocycles. The number of anilines is 1. The summed E-state index contributed by atoms with van der Waals surface area (Å²) in [6.07, 6.45) is -0.428. The molecule has 2 aliphatic carbocycles. The van der Waals surface area contributed by atoms with Crippen molar-refractivity contribution >= 4 is 28.7 Å². The van der Waals surface area contributed by atoms with Crippen LogP contribution in [0, 0.1) is 0 Å². The van der Waals surface area contributed by atoms with Gasteiger partial charge in [0.1, 0.15) is 12.2 Å². The van der Waals surface area contributed by atoms with Crippen molar-refractivity contribution in [1.29, 1.82) is 0 Å². The molecule has 2 unspecified atom stereocenters. The van der Waals surface area contributed by atoms with Gasteiger partial charge in [0, 0.05) is 24.1 Å². The summed E-state index contributed by atoms with van der Waals surface area (Å²) in [5.74, 6) is 1.94. The molecular formula is C23H30N6O4S. The molecule has 0 radical (unpaired) electrons. The maximum atomic E-state index is 10.7. The highest BCUT2D eigenvalue weighted by molar-refractivity contribution is 7.99. The molecule has 0 spiro atoms. The van der Waals surface area contributed by atoms with E-state index >= 15 is 0 Å². The van der Waals surface area contributed by atoms with Gasteiger partial charge >= 0.3 is 0 Å². The van der Waals surface area contributed by atoms with Gasteiger partial charge in [0.25, 0.3) is 0 Å². The lowest BCUT2D eigenvalue weighted by Gasteiger charge is -2.17. The van der Waals surface area contributed by atoms with Gasteiger partial charge in [-0.3, -0.25) is 0 Å². The highest BCUT2D eigenvalue weighted by Gasteiger charge is 2.45. The standard InChI is InChI=1S/C23H30N6O4S/c1-2-10-34-23-25-21(24-15-11-14(15)13-6-4-3-5-7-13)18-22(26-23)29(28-27-18)16-12-17(33-9-8-30)20(32)19(16)31/h3-7,14-17,19-20,30-32H,2,8-12H2,1H3,(H,24,25,26)/t14?,15?,16-,17+,19+,20-/m0/s1. The van der Waals surface area contributed by atoms with Crippen LogP contribution in [0.5, 0.6) is 0 Å². The van der Waals surface area contributed by atoms with Crippen LogP contribution < -0.4 is 5.32 Å². The lowest BCUT2D eigenvalue weighted by molar-refractivity contribution is -0.0629. The highest BCUT2D eigenvalue weighted by Crippen LogP contribution is 2.43. The first-order chi connectivity index (χ1) is 16.6. The average molecular weight is 487 g/mol. The Balaban J connectivity index is 1.43. The van der Waals surface area contributed by atoms with Gasteiger partial charge in [-0.2, -0.15) is 0 Å². The summed E-state index contributed by atoms with van der Waals surface area (Å²) >= 11 is 1.57. The Bertz CT molecular complexity index is 1120. The fourth-order valence-corrected chi connectivity index (χ4v) is 5.26. The number of hydrogen-bond donors (Lipinski definition) is 4. The molecule has 2 saturated carbocycles. The van der Waals surface area contributed by atoms with E-state index in [-0.39, 0.29) is 19.3 Å². The Labute approximate surface area is 201 Å². The van der Waals surface area contributed by atoms with Crippen LogP contribution in [0.25, 0.3) is 11.2 Å². The molecule has 2 aromatic heterocycles. The van der Waals surface area contributed by atoms with Crippen LogP contribution in [0.1, 0.15) is 43.7 Å². The van der Waals surface area contributed by atoms with Crippen molar-refractivity contribution < 1.29 is 20.1 Å². The zero-order chi connectivity index (χ0) is 23.7. The van der Waals surface area contributed by atoms with E-state index in [4.69, 9.17) is 19.8 Å². The number of benzene rings is 1. The van der Waals surface area contributed by atoms with Gasteiger partial charge in [0.05, 0.1) is 25.4 Å². The molecule has 0 aliphatic heterocycles. The van der Waals surface area contributed by atoms with E-state index in [1.807, 2.05) is 6.07 Å². The molecule has 3 aromatic rings. The van der Waals surface area contributed by atoms with Gasteiger partial charge in [-0.15, -0.1) is 5.10 Å². The summed E-state index contributed by atoms with van der Waals surface area (Å²) in [5.41, 5.74) is 2.36. The normalized spacial score (nSPS) is 28.5. The molecule has 11 heteroatoms. The van der Waals surface area contributed by atoms with Crippen molar-refractivity contribution in [2.24, 2.45) is 0 Å². The number of aliphatic hydroxyl groups excluding tert-OH is 3. The molecule has 4 N–H and O–H groups in total. The Morgan fingerprint density at radius 2 is 1.97 bits per heavy atom. The van der Waals surface area contributed by atoms with E-state index in [2.05, 4.69) is 46.8 Å². The van der Waals surface area contributed by atoms with Crippen molar-refractivity contribution in [1.82, 2.24) is 25.0 Å². The molecule has 6 atom stereocenters. The summed E-state index contributed by atoms with van der Waals surface area (Å²) in [6, 6.07) is 10.1. The monoisotopic (exact) mass is 486 g/mol. The number of aliphatic hydroxyl groups is 3. The Hall–Kier alpha value is -2.31. The second-order valence-corrected chi connectivity index (χ2v) is 9.89. The number of aromatic nitrogens is 5. The van der Waals surface area contributed by atoms with E-state index < -0.39 is 24.4 Å². The Morgan fingerprint density at radius 1 is 1.15 bits per heavy atom. The predicted molar refractivity (Wildman–Crippen MR) is 128 cm³/mol. The summed E-state index contributed by atoms with van der Waals surface area (Å²) in [4.78, 5) is 9.44. The van der Waals surface area contributed by atoms with Gasteiger partial charge < -0.3 is 25.4 Å². The van der Waals surface area contributed by atoms with Crippen molar-refractivity contribution in [3.63, 3.8) is 0 Å². The lowest BCUT2D eigenvalue weighted by Crippen LogP contribution is -2.33. The zero-order valence-corrected chi connectivity index (χ0v) is 19.8. The van der Waals surface area contributed by atoms with Crippen molar-refractivity contribution in [2.45, 2.75) is 67.7 Å². The molecular weight excluding hydrogens is 456 g/mol. The SMILES string of the molecule is CCCSc1nc(NC2CC2c2ccccc2)c2nnn([C@H]3C[C@@H](OCCO)[C@H](O)[C@@H]3O)c2n1. The van der Waals surface area contributed by atoms with Crippen LogP contribution in [0.2, 0.25) is 0 Å². The van der Waals surface area contributed by atoms with Crippen molar-refractivity contribution in [3.8, 4) is 0 Å². The first-order valence-corrected chi connectivity index (χ1v) is 12.7. The Kier molecular flexibility index (Phi) is 6.98. The summed E-state index contributed by atoms with van der Waals surface area (Å²) in [6.45, 7) is 2.05. The van der Waals surface area contributed by atoms with Crippen LogP contribution in [-0.2, 0) is 4.74 Å². The third-order valence-electron chi connectivity index (χ3n) is 6.41. The largest absolute Gasteiger partial charge is 0.394 e. The third kappa shape index (κ3) is 4.63. The molecule has 2 heterocycles. The second-order valence-electron chi connectivity index (χ2n) is 8.83.